The maximum absolute atomic E-state index is 13.7. The Morgan fingerprint density at radius 2 is 1.43 bits per heavy atom. The minimum Gasteiger partial charge on any atom is -0.416 e. The van der Waals surface area contributed by atoms with E-state index < -0.39 is 5.63 Å². The number of rotatable bonds is 4. The Morgan fingerprint density at radius 1 is 0.800 bits per heavy atom. The van der Waals surface area contributed by atoms with Gasteiger partial charge in [-0.2, -0.15) is 0 Å². The summed E-state index contributed by atoms with van der Waals surface area (Å²) >= 11 is 0. The summed E-state index contributed by atoms with van der Waals surface area (Å²) in [6, 6.07) is 22.7. The molecule has 1 amide bonds. The van der Waals surface area contributed by atoms with Crippen molar-refractivity contribution in [2.24, 2.45) is 0 Å². The monoisotopic (exact) mass is 466 g/mol. The number of ketones is 1. The van der Waals surface area contributed by atoms with Gasteiger partial charge < -0.3 is 14.2 Å². The molecule has 1 fully saturated rings. The van der Waals surface area contributed by atoms with Gasteiger partial charge in [-0.1, -0.05) is 48.0 Å². The molecule has 2 heterocycles. The summed E-state index contributed by atoms with van der Waals surface area (Å²) in [6.45, 7) is 5.83. The molecule has 0 atom stereocenters. The van der Waals surface area contributed by atoms with E-state index in [2.05, 4.69) is 4.90 Å². The first kappa shape index (κ1) is 22.6. The van der Waals surface area contributed by atoms with Gasteiger partial charge in [-0.3, -0.25) is 9.59 Å². The highest BCUT2D eigenvalue weighted by atomic mass is 16.4. The molecular formula is C29H26N2O4. The molecule has 3 aromatic carbocycles. The van der Waals surface area contributed by atoms with Gasteiger partial charge in [0.1, 0.15) is 0 Å². The van der Waals surface area contributed by atoms with Crippen LogP contribution in [0.3, 0.4) is 0 Å². The van der Waals surface area contributed by atoms with Gasteiger partial charge in [-0.25, -0.2) is 4.79 Å². The lowest BCUT2D eigenvalue weighted by Crippen LogP contribution is -2.49. The first-order valence-electron chi connectivity index (χ1n) is 11.7. The molecule has 1 aliphatic heterocycles. The Kier molecular flexibility index (Phi) is 5.95. The van der Waals surface area contributed by atoms with Crippen LogP contribution in [0.1, 0.15) is 33.4 Å². The van der Waals surface area contributed by atoms with Crippen LogP contribution in [0.25, 0.3) is 21.9 Å². The third kappa shape index (κ3) is 4.35. The molecule has 6 nitrogen and oxygen atoms in total. The number of amides is 1. The number of anilines is 1. The Labute approximate surface area is 203 Å². The lowest BCUT2D eigenvalue weighted by molar-refractivity contribution is 0.0711. The zero-order chi connectivity index (χ0) is 24.5. The van der Waals surface area contributed by atoms with Crippen molar-refractivity contribution in [1.82, 2.24) is 4.90 Å². The molecule has 35 heavy (non-hydrogen) atoms. The predicted molar refractivity (Wildman–Crippen MR) is 137 cm³/mol. The minimum atomic E-state index is -0.510. The molecule has 0 aliphatic carbocycles. The second-order valence-electron chi connectivity index (χ2n) is 8.89. The molecule has 0 saturated carbocycles. The molecule has 0 bridgehead atoms. The topological polar surface area (TPSA) is 70.8 Å². The Hall–Kier alpha value is -4.19. The Morgan fingerprint density at radius 3 is 2.06 bits per heavy atom. The third-order valence-electron chi connectivity index (χ3n) is 6.58. The normalized spacial score (nSPS) is 13.8. The molecule has 0 radical (unpaired) electrons. The number of carbonyl (C=O) groups is 2. The average Bonchev–Trinajstić information content (AvgIpc) is 2.89. The zero-order valence-corrected chi connectivity index (χ0v) is 19.8. The van der Waals surface area contributed by atoms with Gasteiger partial charge in [0.2, 0.25) is 5.76 Å². The first-order chi connectivity index (χ1) is 16.9. The van der Waals surface area contributed by atoms with Crippen LogP contribution < -0.4 is 10.5 Å². The quantitative estimate of drug-likeness (QED) is 0.399. The van der Waals surface area contributed by atoms with E-state index in [1.807, 2.05) is 67.6 Å². The van der Waals surface area contributed by atoms with Crippen molar-refractivity contribution in [1.29, 1.82) is 0 Å². The smallest absolute Gasteiger partial charge is 0.344 e. The average molecular weight is 467 g/mol. The summed E-state index contributed by atoms with van der Waals surface area (Å²) in [5.41, 5.74) is 3.77. The van der Waals surface area contributed by atoms with Gasteiger partial charge in [-0.05, 0) is 49.7 Å². The van der Waals surface area contributed by atoms with E-state index >= 15 is 0 Å². The van der Waals surface area contributed by atoms with E-state index in [-0.39, 0.29) is 17.5 Å². The van der Waals surface area contributed by atoms with Crippen molar-refractivity contribution in [3.63, 3.8) is 0 Å². The number of nitrogens with zero attached hydrogens (tertiary/aromatic N) is 2. The zero-order valence-electron chi connectivity index (χ0n) is 19.8. The number of benzene rings is 3. The van der Waals surface area contributed by atoms with Gasteiger partial charge >= 0.3 is 5.63 Å². The fourth-order valence-electron chi connectivity index (χ4n) is 4.58. The van der Waals surface area contributed by atoms with Crippen molar-refractivity contribution in [2.75, 3.05) is 31.1 Å². The van der Waals surface area contributed by atoms with Crippen molar-refractivity contribution < 1.29 is 14.0 Å². The SMILES string of the molecule is CC(=O)c1ccc(N2CCN(C(=O)c3oc(=O)c4ccccc4c3-c3ccc(C)cc3)CC2)cc1. The largest absolute Gasteiger partial charge is 0.416 e. The molecule has 1 aliphatic rings. The van der Waals surface area contributed by atoms with Crippen molar-refractivity contribution in [3.05, 3.63) is 100 Å². The van der Waals surface area contributed by atoms with Gasteiger partial charge in [-0.15, -0.1) is 0 Å². The van der Waals surface area contributed by atoms with Crippen molar-refractivity contribution >= 4 is 28.2 Å². The van der Waals surface area contributed by atoms with E-state index in [1.54, 1.807) is 24.0 Å². The van der Waals surface area contributed by atoms with E-state index in [0.29, 0.717) is 48.1 Å². The Balaban J connectivity index is 1.45. The van der Waals surface area contributed by atoms with Gasteiger partial charge in [0.05, 0.1) is 5.39 Å². The van der Waals surface area contributed by atoms with Crippen LogP contribution in [0.15, 0.2) is 82.0 Å². The number of piperazine rings is 1. The molecule has 1 saturated heterocycles. The fourth-order valence-corrected chi connectivity index (χ4v) is 4.58. The highest BCUT2D eigenvalue weighted by molar-refractivity contribution is 6.07. The number of Topliss-reactive ketones (excluding diaryl/α,β-unsaturated/α-hetero) is 1. The molecule has 0 spiro atoms. The van der Waals surface area contributed by atoms with Crippen LogP contribution in [-0.2, 0) is 0 Å². The summed E-state index contributed by atoms with van der Waals surface area (Å²) in [4.78, 5) is 41.9. The van der Waals surface area contributed by atoms with E-state index in [4.69, 9.17) is 4.42 Å². The van der Waals surface area contributed by atoms with Crippen LogP contribution in [0, 0.1) is 6.92 Å². The maximum atomic E-state index is 13.7. The van der Waals surface area contributed by atoms with Crippen LogP contribution in [0.5, 0.6) is 0 Å². The molecule has 0 unspecified atom stereocenters. The summed E-state index contributed by atoms with van der Waals surface area (Å²) in [7, 11) is 0. The second-order valence-corrected chi connectivity index (χ2v) is 8.89. The lowest BCUT2D eigenvalue weighted by atomic mass is 9.97. The van der Waals surface area contributed by atoms with Crippen LogP contribution in [0.2, 0.25) is 0 Å². The summed E-state index contributed by atoms with van der Waals surface area (Å²) < 4.78 is 5.68. The van der Waals surface area contributed by atoms with Gasteiger partial charge in [0.15, 0.2) is 5.78 Å². The lowest BCUT2D eigenvalue weighted by Gasteiger charge is -2.36. The Bertz CT molecular complexity index is 1460. The molecular weight excluding hydrogens is 440 g/mol. The molecule has 176 valence electrons. The molecule has 4 aromatic rings. The number of hydrogen-bond donors (Lipinski definition) is 0. The van der Waals surface area contributed by atoms with Crippen molar-refractivity contribution in [2.45, 2.75) is 13.8 Å². The van der Waals surface area contributed by atoms with E-state index in [0.717, 1.165) is 16.8 Å². The van der Waals surface area contributed by atoms with E-state index in [9.17, 15) is 14.4 Å². The standard InChI is InChI=1S/C29H26N2O4/c1-19-7-9-22(10-8-19)26-24-5-3-4-6-25(24)29(34)35-27(26)28(33)31-17-15-30(16-18-31)23-13-11-21(12-14-23)20(2)32/h3-14H,15-18H2,1-2H3. The fraction of sp³-hybridized carbons (Fsp3) is 0.207. The highest BCUT2D eigenvalue weighted by Gasteiger charge is 2.28. The van der Waals surface area contributed by atoms with Crippen molar-refractivity contribution in [3.8, 4) is 11.1 Å². The number of fused-ring (bicyclic) bond motifs is 1. The number of hydrogen-bond acceptors (Lipinski definition) is 5. The number of carbonyl (C=O) groups excluding carboxylic acids is 2. The molecule has 0 N–H and O–H groups in total. The minimum absolute atomic E-state index is 0.0354. The van der Waals surface area contributed by atoms with E-state index in [1.165, 1.54) is 0 Å². The second kappa shape index (κ2) is 9.22. The predicted octanol–water partition coefficient (Wildman–Crippen LogP) is 4.93. The summed E-state index contributed by atoms with van der Waals surface area (Å²) in [5.74, 6) is -0.167. The molecule has 1 aromatic heterocycles. The van der Waals surface area contributed by atoms with Crippen LogP contribution in [-0.4, -0.2) is 42.8 Å². The maximum Gasteiger partial charge on any atom is 0.344 e. The summed E-state index contributed by atoms with van der Waals surface area (Å²) in [6.07, 6.45) is 0. The van der Waals surface area contributed by atoms with Gasteiger partial charge in [0, 0.05) is 48.4 Å². The summed E-state index contributed by atoms with van der Waals surface area (Å²) in [5, 5.41) is 1.17. The first-order valence-corrected chi connectivity index (χ1v) is 11.7. The third-order valence-corrected chi connectivity index (χ3v) is 6.58. The molecule has 5 rings (SSSR count). The van der Waals surface area contributed by atoms with Crippen LogP contribution in [0.4, 0.5) is 5.69 Å². The highest BCUT2D eigenvalue weighted by Crippen LogP contribution is 2.32. The molecule has 6 heteroatoms. The number of aryl methyl sites for hydroxylation is 1. The van der Waals surface area contributed by atoms with Gasteiger partial charge in [0.25, 0.3) is 5.91 Å². The van der Waals surface area contributed by atoms with Crippen LogP contribution >= 0.6 is 0 Å².